The summed E-state index contributed by atoms with van der Waals surface area (Å²) in [6.07, 6.45) is 0. The lowest BCUT2D eigenvalue weighted by Crippen LogP contribution is -2.14. The Bertz CT molecular complexity index is 804. The number of nitrogens with zero attached hydrogens (tertiary/aromatic N) is 3. The van der Waals surface area contributed by atoms with Gasteiger partial charge in [-0.1, -0.05) is 18.2 Å². The first-order valence-corrected chi connectivity index (χ1v) is 6.21. The van der Waals surface area contributed by atoms with Gasteiger partial charge in [0.05, 0.1) is 0 Å². The Morgan fingerprint density at radius 1 is 1.30 bits per heavy atom. The van der Waals surface area contributed by atoms with Crippen LogP contribution in [0.3, 0.4) is 0 Å². The van der Waals surface area contributed by atoms with E-state index in [1.807, 2.05) is 31.2 Å². The molecule has 0 fully saturated rings. The van der Waals surface area contributed by atoms with Gasteiger partial charge in [-0.3, -0.25) is 0 Å². The number of hydrogen-bond acceptors (Lipinski definition) is 5. The van der Waals surface area contributed by atoms with E-state index in [1.54, 1.807) is 12.1 Å². The predicted molar refractivity (Wildman–Crippen MR) is 75.9 cm³/mol. The summed E-state index contributed by atoms with van der Waals surface area (Å²) in [6.45, 7) is 1.91. The number of nitrogens with one attached hydrogen (secondary N) is 2. The summed E-state index contributed by atoms with van der Waals surface area (Å²) in [5, 5.41) is 13.5. The number of aromatic amines is 1. The van der Waals surface area contributed by atoms with Crippen LogP contribution in [0.2, 0.25) is 0 Å². The van der Waals surface area contributed by atoms with Gasteiger partial charge in [0.25, 0.3) is 0 Å². The summed E-state index contributed by atoms with van der Waals surface area (Å²) >= 11 is 0. The summed E-state index contributed by atoms with van der Waals surface area (Å²) in [4.78, 5) is 11.5. The van der Waals surface area contributed by atoms with E-state index in [0.29, 0.717) is 11.5 Å². The van der Waals surface area contributed by atoms with Crippen LogP contribution in [0.5, 0.6) is 0 Å². The van der Waals surface area contributed by atoms with E-state index in [-0.39, 0.29) is 11.7 Å². The largest absolute Gasteiger partial charge is 0.364 e. The Hall–Kier alpha value is -2.67. The van der Waals surface area contributed by atoms with Gasteiger partial charge in [0.1, 0.15) is 0 Å². The zero-order valence-electron chi connectivity index (χ0n) is 10.9. The molecule has 2 aromatic heterocycles. The molecule has 0 saturated carbocycles. The molecule has 4 N–H and O–H groups in total. The molecular weight excluding hydrogens is 256 g/mol. The Kier molecular flexibility index (Phi) is 2.96. The van der Waals surface area contributed by atoms with Crippen molar-refractivity contribution < 1.29 is 0 Å². The molecule has 20 heavy (non-hydrogen) atoms. The fourth-order valence-electron chi connectivity index (χ4n) is 2.02. The van der Waals surface area contributed by atoms with Crippen LogP contribution in [0, 0.1) is 0 Å². The normalized spacial score (nSPS) is 12.5. The fraction of sp³-hybridized carbons (Fsp3) is 0.154. The molecule has 2 heterocycles. The average Bonchev–Trinajstić information content (AvgIpc) is 2.81. The molecule has 7 nitrogen and oxygen atoms in total. The lowest BCUT2D eigenvalue weighted by atomic mass is 10.1. The first kappa shape index (κ1) is 12.4. The minimum absolute atomic E-state index is 0.0981. The molecule has 3 rings (SSSR count). The van der Waals surface area contributed by atoms with Crippen LogP contribution < -0.4 is 16.7 Å². The van der Waals surface area contributed by atoms with E-state index in [9.17, 15) is 4.79 Å². The zero-order chi connectivity index (χ0) is 14.1. The number of hydrogen-bond donors (Lipinski definition) is 3. The maximum absolute atomic E-state index is 11.5. The molecule has 3 aromatic rings. The van der Waals surface area contributed by atoms with Crippen LogP contribution in [0.15, 0.2) is 41.2 Å². The van der Waals surface area contributed by atoms with Crippen molar-refractivity contribution >= 4 is 17.2 Å². The van der Waals surface area contributed by atoms with E-state index in [4.69, 9.17) is 5.73 Å². The quantitative estimate of drug-likeness (QED) is 0.663. The van der Waals surface area contributed by atoms with Crippen molar-refractivity contribution in [1.29, 1.82) is 0 Å². The van der Waals surface area contributed by atoms with Gasteiger partial charge in [0.2, 0.25) is 0 Å². The van der Waals surface area contributed by atoms with Crippen molar-refractivity contribution in [3.63, 3.8) is 0 Å². The zero-order valence-corrected chi connectivity index (χ0v) is 10.9. The maximum atomic E-state index is 11.5. The highest BCUT2D eigenvalue weighted by atomic mass is 16.2. The summed E-state index contributed by atoms with van der Waals surface area (Å²) in [6, 6.07) is 11.1. The molecule has 0 bridgehead atoms. The lowest BCUT2D eigenvalue weighted by Gasteiger charge is -2.13. The van der Waals surface area contributed by atoms with Crippen molar-refractivity contribution in [3.8, 4) is 0 Å². The Morgan fingerprint density at radius 2 is 2.10 bits per heavy atom. The first-order valence-electron chi connectivity index (χ1n) is 6.21. The van der Waals surface area contributed by atoms with E-state index in [1.165, 1.54) is 4.52 Å². The Balaban J connectivity index is 2.01. The van der Waals surface area contributed by atoms with Gasteiger partial charge < -0.3 is 11.1 Å². The van der Waals surface area contributed by atoms with Crippen LogP contribution in [0.25, 0.3) is 5.65 Å². The molecule has 102 valence electrons. The average molecular weight is 270 g/mol. The minimum atomic E-state index is -0.371. The molecule has 0 amide bonds. The van der Waals surface area contributed by atoms with Gasteiger partial charge in [-0.05, 0) is 30.7 Å². The molecule has 1 atom stereocenters. The number of aromatic nitrogens is 4. The second kappa shape index (κ2) is 4.78. The second-order valence-electron chi connectivity index (χ2n) is 4.52. The van der Waals surface area contributed by atoms with Gasteiger partial charge in [-0.25, -0.2) is 9.89 Å². The molecule has 0 aliphatic carbocycles. The van der Waals surface area contributed by atoms with Gasteiger partial charge in [-0.2, -0.15) is 9.61 Å². The van der Waals surface area contributed by atoms with Crippen LogP contribution in [0.4, 0.5) is 11.5 Å². The van der Waals surface area contributed by atoms with Crippen molar-refractivity contribution in [1.82, 2.24) is 19.8 Å². The molecule has 0 radical (unpaired) electrons. The third-order valence-corrected chi connectivity index (χ3v) is 2.99. The van der Waals surface area contributed by atoms with Gasteiger partial charge in [0, 0.05) is 11.7 Å². The minimum Gasteiger partial charge on any atom is -0.339 e. The number of benzene rings is 1. The Labute approximate surface area is 114 Å². The number of fused-ring (bicyclic) bond motifs is 1. The summed E-state index contributed by atoms with van der Waals surface area (Å²) in [5.74, 6) is 0.550. The molecule has 7 heteroatoms. The third kappa shape index (κ3) is 2.14. The maximum Gasteiger partial charge on any atom is 0.364 e. The highest BCUT2D eigenvalue weighted by molar-refractivity contribution is 5.61. The highest BCUT2D eigenvalue weighted by Crippen LogP contribution is 2.23. The van der Waals surface area contributed by atoms with Crippen molar-refractivity contribution in [3.05, 3.63) is 52.4 Å². The van der Waals surface area contributed by atoms with Crippen molar-refractivity contribution in [2.45, 2.75) is 13.0 Å². The number of para-hydroxylation sites is 1. The van der Waals surface area contributed by atoms with Gasteiger partial charge >= 0.3 is 5.69 Å². The molecule has 1 unspecified atom stereocenters. The number of rotatable bonds is 3. The van der Waals surface area contributed by atoms with E-state index in [2.05, 4.69) is 20.6 Å². The summed E-state index contributed by atoms with van der Waals surface area (Å²) in [7, 11) is 0. The summed E-state index contributed by atoms with van der Waals surface area (Å²) in [5.41, 5.74) is 7.88. The molecular formula is C13H14N6O. The molecule has 0 aliphatic heterocycles. The predicted octanol–water partition coefficient (Wildman–Crippen LogP) is 1.18. The lowest BCUT2D eigenvalue weighted by molar-refractivity contribution is 0.819. The highest BCUT2D eigenvalue weighted by Gasteiger charge is 2.08. The topological polar surface area (TPSA) is 101 Å². The van der Waals surface area contributed by atoms with Gasteiger partial charge in [0.15, 0.2) is 11.5 Å². The smallest absolute Gasteiger partial charge is 0.339 e. The van der Waals surface area contributed by atoms with E-state index >= 15 is 0 Å². The van der Waals surface area contributed by atoms with Crippen LogP contribution in [-0.4, -0.2) is 19.8 Å². The molecule has 0 saturated heterocycles. The van der Waals surface area contributed by atoms with E-state index < -0.39 is 0 Å². The molecule has 1 aromatic carbocycles. The number of H-pyrrole nitrogens is 1. The van der Waals surface area contributed by atoms with Crippen LogP contribution in [0.1, 0.15) is 18.5 Å². The molecule has 0 aliphatic rings. The van der Waals surface area contributed by atoms with Crippen LogP contribution >= 0.6 is 0 Å². The fourth-order valence-corrected chi connectivity index (χ4v) is 2.02. The Morgan fingerprint density at radius 3 is 2.90 bits per heavy atom. The number of anilines is 2. The standard InChI is InChI=1S/C13H14N6O/c1-8(14)9-4-2-3-5-10(9)15-11-6-7-12-16-17-13(20)19(12)18-11/h2-8H,14H2,1H3,(H,15,18)(H,17,20). The molecule has 0 spiro atoms. The van der Waals surface area contributed by atoms with Crippen molar-refractivity contribution in [2.24, 2.45) is 5.73 Å². The third-order valence-electron chi connectivity index (χ3n) is 2.99. The monoisotopic (exact) mass is 270 g/mol. The SMILES string of the molecule is CC(N)c1ccccc1Nc1ccc2n[nH]c(=O)n2n1. The first-order chi connectivity index (χ1) is 9.65. The van der Waals surface area contributed by atoms with Gasteiger partial charge in [-0.15, -0.1) is 5.10 Å². The van der Waals surface area contributed by atoms with Crippen molar-refractivity contribution in [2.75, 3.05) is 5.32 Å². The van der Waals surface area contributed by atoms with Crippen LogP contribution in [-0.2, 0) is 0 Å². The number of nitrogens with two attached hydrogens (primary N) is 1. The van der Waals surface area contributed by atoms with E-state index in [0.717, 1.165) is 11.3 Å². The summed E-state index contributed by atoms with van der Waals surface area (Å²) < 4.78 is 1.21. The second-order valence-corrected chi connectivity index (χ2v) is 4.52.